The Morgan fingerprint density at radius 2 is 1.84 bits per heavy atom. The molecule has 0 bridgehead atoms. The third-order valence-electron chi connectivity index (χ3n) is 4.80. The van der Waals surface area contributed by atoms with Crippen molar-refractivity contribution in [1.29, 1.82) is 0 Å². The highest BCUT2D eigenvalue weighted by atomic mass is 16.5. The highest BCUT2D eigenvalue weighted by molar-refractivity contribution is 5.99. The van der Waals surface area contributed by atoms with Crippen LogP contribution in [0.5, 0.6) is 0 Å². The van der Waals surface area contributed by atoms with Crippen LogP contribution in [0.25, 0.3) is 0 Å². The molecule has 1 heterocycles. The number of carbonyl (C=O) groups is 3. The van der Waals surface area contributed by atoms with Crippen molar-refractivity contribution in [2.75, 3.05) is 19.8 Å². The molecular weight excluding hydrogens is 322 g/mol. The Labute approximate surface area is 147 Å². The van der Waals surface area contributed by atoms with Crippen LogP contribution in [0.1, 0.15) is 47.2 Å². The van der Waals surface area contributed by atoms with E-state index in [9.17, 15) is 19.5 Å². The van der Waals surface area contributed by atoms with E-state index < -0.39 is 11.4 Å². The summed E-state index contributed by atoms with van der Waals surface area (Å²) < 4.78 is 5.21. The fraction of sp³-hybridized carbons (Fsp3) is 0.526. The van der Waals surface area contributed by atoms with Crippen molar-refractivity contribution in [1.82, 2.24) is 5.32 Å². The van der Waals surface area contributed by atoms with Crippen LogP contribution in [0, 0.1) is 19.3 Å². The summed E-state index contributed by atoms with van der Waals surface area (Å²) in [5.41, 5.74) is 1.56. The van der Waals surface area contributed by atoms with Gasteiger partial charge in [-0.3, -0.25) is 14.4 Å². The number of carboxylic acids is 1. The number of benzene rings is 1. The predicted octanol–water partition coefficient (Wildman–Crippen LogP) is 2.26. The molecule has 1 saturated heterocycles. The zero-order valence-corrected chi connectivity index (χ0v) is 14.8. The number of ketones is 1. The third kappa shape index (κ3) is 4.89. The minimum Gasteiger partial charge on any atom is -0.481 e. The third-order valence-corrected chi connectivity index (χ3v) is 4.80. The summed E-state index contributed by atoms with van der Waals surface area (Å²) in [5.74, 6) is -1.29. The van der Waals surface area contributed by atoms with Crippen LogP contribution in [0.15, 0.2) is 18.2 Å². The van der Waals surface area contributed by atoms with E-state index in [4.69, 9.17) is 4.74 Å². The van der Waals surface area contributed by atoms with E-state index in [0.717, 1.165) is 11.1 Å². The molecule has 1 amide bonds. The van der Waals surface area contributed by atoms with Crippen LogP contribution in [-0.4, -0.2) is 42.5 Å². The van der Waals surface area contributed by atoms with Gasteiger partial charge in [0, 0.05) is 38.2 Å². The molecule has 0 spiro atoms. The van der Waals surface area contributed by atoms with Crippen molar-refractivity contribution in [3.63, 3.8) is 0 Å². The van der Waals surface area contributed by atoms with Crippen molar-refractivity contribution in [3.8, 4) is 0 Å². The number of hydrogen-bond acceptors (Lipinski definition) is 4. The molecule has 6 nitrogen and oxygen atoms in total. The SMILES string of the molecule is Cc1ccc(C)c(C(=O)CCC(=O)NCC2(C(=O)O)CCOCC2)c1. The predicted molar refractivity (Wildman–Crippen MR) is 92.6 cm³/mol. The van der Waals surface area contributed by atoms with Gasteiger partial charge in [0.2, 0.25) is 5.91 Å². The molecule has 0 aromatic heterocycles. The molecule has 1 aromatic carbocycles. The standard InChI is InChI=1S/C19H25NO5/c1-13-3-4-14(2)15(11-13)16(21)5-6-17(22)20-12-19(18(23)24)7-9-25-10-8-19/h3-4,11H,5-10,12H2,1-2H3,(H,20,22)(H,23,24). The Hall–Kier alpha value is -2.21. The quantitative estimate of drug-likeness (QED) is 0.738. The van der Waals surface area contributed by atoms with Gasteiger partial charge in [-0.15, -0.1) is 0 Å². The number of nitrogens with one attached hydrogen (secondary N) is 1. The zero-order valence-electron chi connectivity index (χ0n) is 14.8. The van der Waals surface area contributed by atoms with E-state index in [1.165, 1.54) is 0 Å². The van der Waals surface area contributed by atoms with E-state index in [0.29, 0.717) is 31.6 Å². The topological polar surface area (TPSA) is 92.7 Å². The van der Waals surface area contributed by atoms with Gasteiger partial charge in [-0.2, -0.15) is 0 Å². The Kier molecular flexibility index (Phi) is 6.31. The molecule has 2 rings (SSSR count). The number of carbonyl (C=O) groups excluding carboxylic acids is 2. The number of amides is 1. The highest BCUT2D eigenvalue weighted by Crippen LogP contribution is 2.30. The molecule has 136 valence electrons. The van der Waals surface area contributed by atoms with Crippen molar-refractivity contribution in [2.45, 2.75) is 39.5 Å². The molecule has 0 aliphatic carbocycles. The lowest BCUT2D eigenvalue weighted by Crippen LogP contribution is -2.46. The summed E-state index contributed by atoms with van der Waals surface area (Å²) in [5, 5.41) is 12.1. The van der Waals surface area contributed by atoms with Crippen LogP contribution >= 0.6 is 0 Å². The molecule has 0 radical (unpaired) electrons. The lowest BCUT2D eigenvalue weighted by molar-refractivity contribution is -0.154. The summed E-state index contributed by atoms with van der Waals surface area (Å²) in [4.78, 5) is 35.9. The smallest absolute Gasteiger partial charge is 0.311 e. The molecule has 0 saturated carbocycles. The second-order valence-corrected chi connectivity index (χ2v) is 6.72. The number of aryl methyl sites for hydroxylation is 2. The van der Waals surface area contributed by atoms with Gasteiger partial charge in [-0.05, 0) is 38.3 Å². The molecule has 1 aliphatic heterocycles. The molecule has 0 unspecified atom stereocenters. The number of aliphatic carboxylic acids is 1. The lowest BCUT2D eigenvalue weighted by Gasteiger charge is -2.33. The largest absolute Gasteiger partial charge is 0.481 e. The second kappa shape index (κ2) is 8.25. The average Bonchev–Trinajstić information content (AvgIpc) is 2.60. The average molecular weight is 347 g/mol. The fourth-order valence-electron chi connectivity index (χ4n) is 2.98. The number of hydrogen-bond donors (Lipinski definition) is 2. The van der Waals surface area contributed by atoms with Gasteiger partial charge in [0.15, 0.2) is 5.78 Å². The molecule has 2 N–H and O–H groups in total. The van der Waals surface area contributed by atoms with Crippen molar-refractivity contribution in [3.05, 3.63) is 34.9 Å². The van der Waals surface area contributed by atoms with E-state index in [2.05, 4.69) is 5.32 Å². The maximum Gasteiger partial charge on any atom is 0.311 e. The summed E-state index contributed by atoms with van der Waals surface area (Å²) >= 11 is 0. The molecule has 1 fully saturated rings. The van der Waals surface area contributed by atoms with Gasteiger partial charge in [0.1, 0.15) is 0 Å². The second-order valence-electron chi connectivity index (χ2n) is 6.72. The number of carboxylic acid groups (broad SMARTS) is 1. The Bertz CT molecular complexity index is 662. The maximum absolute atomic E-state index is 12.3. The first-order chi connectivity index (χ1) is 11.8. The Morgan fingerprint density at radius 3 is 2.48 bits per heavy atom. The summed E-state index contributed by atoms with van der Waals surface area (Å²) in [6, 6.07) is 5.67. The van der Waals surface area contributed by atoms with Crippen LogP contribution in [0.4, 0.5) is 0 Å². The summed E-state index contributed by atoms with van der Waals surface area (Å²) in [6.07, 6.45) is 0.922. The van der Waals surface area contributed by atoms with Crippen LogP contribution in [0.2, 0.25) is 0 Å². The summed E-state index contributed by atoms with van der Waals surface area (Å²) in [6.45, 7) is 4.62. The van der Waals surface area contributed by atoms with E-state index in [1.807, 2.05) is 32.0 Å². The molecular formula is C19H25NO5. The first-order valence-corrected chi connectivity index (χ1v) is 8.52. The molecule has 25 heavy (non-hydrogen) atoms. The van der Waals surface area contributed by atoms with Crippen LogP contribution in [-0.2, 0) is 14.3 Å². The van der Waals surface area contributed by atoms with Gasteiger partial charge in [0.25, 0.3) is 0 Å². The van der Waals surface area contributed by atoms with Crippen molar-refractivity contribution in [2.24, 2.45) is 5.41 Å². The number of rotatable bonds is 7. The Balaban J connectivity index is 1.87. The fourth-order valence-corrected chi connectivity index (χ4v) is 2.98. The van der Waals surface area contributed by atoms with Gasteiger partial charge in [-0.1, -0.05) is 17.7 Å². The molecule has 1 aromatic rings. The normalized spacial score (nSPS) is 16.2. The van der Waals surface area contributed by atoms with Crippen LogP contribution in [0.3, 0.4) is 0 Å². The number of ether oxygens (including phenoxy) is 1. The number of Topliss-reactive ketones (excluding diaryl/α,β-unsaturated/α-hetero) is 1. The van der Waals surface area contributed by atoms with Gasteiger partial charge < -0.3 is 15.2 Å². The first-order valence-electron chi connectivity index (χ1n) is 8.52. The Morgan fingerprint density at radius 1 is 1.16 bits per heavy atom. The van der Waals surface area contributed by atoms with Crippen molar-refractivity contribution >= 4 is 17.7 Å². The van der Waals surface area contributed by atoms with Gasteiger partial charge >= 0.3 is 5.97 Å². The van der Waals surface area contributed by atoms with Crippen molar-refractivity contribution < 1.29 is 24.2 Å². The summed E-state index contributed by atoms with van der Waals surface area (Å²) in [7, 11) is 0. The van der Waals surface area contributed by atoms with Gasteiger partial charge in [-0.25, -0.2) is 0 Å². The first kappa shape index (κ1) is 19.1. The molecule has 1 aliphatic rings. The van der Waals surface area contributed by atoms with E-state index in [1.54, 1.807) is 0 Å². The van der Waals surface area contributed by atoms with E-state index >= 15 is 0 Å². The maximum atomic E-state index is 12.3. The highest BCUT2D eigenvalue weighted by Gasteiger charge is 2.40. The molecule has 0 atom stereocenters. The van der Waals surface area contributed by atoms with Crippen LogP contribution < -0.4 is 5.32 Å². The molecule has 6 heteroatoms. The minimum atomic E-state index is -0.967. The minimum absolute atomic E-state index is 0.0540. The zero-order chi connectivity index (χ0) is 18.4. The van der Waals surface area contributed by atoms with E-state index in [-0.39, 0.29) is 31.1 Å². The monoisotopic (exact) mass is 347 g/mol. The lowest BCUT2D eigenvalue weighted by atomic mass is 9.80. The van der Waals surface area contributed by atoms with Gasteiger partial charge in [0.05, 0.1) is 5.41 Å².